The number of hydrogen-bond donors (Lipinski definition) is 1. The van der Waals surface area contributed by atoms with Gasteiger partial charge in [0.15, 0.2) is 0 Å². The molecule has 2 rings (SSSR count). The number of aryl methyl sites for hydroxylation is 1. The summed E-state index contributed by atoms with van der Waals surface area (Å²) < 4.78 is 0. The lowest BCUT2D eigenvalue weighted by atomic mass is 10.3. The van der Waals surface area contributed by atoms with Crippen molar-refractivity contribution < 1.29 is 0 Å². The molecule has 0 aliphatic carbocycles. The summed E-state index contributed by atoms with van der Waals surface area (Å²) in [7, 11) is 0. The molecule has 1 atom stereocenters. The van der Waals surface area contributed by atoms with Gasteiger partial charge < -0.3 is 5.73 Å². The van der Waals surface area contributed by atoms with Gasteiger partial charge >= 0.3 is 0 Å². The first kappa shape index (κ1) is 13.9. The second kappa shape index (κ2) is 6.55. The summed E-state index contributed by atoms with van der Waals surface area (Å²) in [5, 5.41) is 3.43. The molecular formula is C11H20ClN3S. The number of halogens is 1. The van der Waals surface area contributed by atoms with Crippen LogP contribution in [0.25, 0.3) is 0 Å². The highest BCUT2D eigenvalue weighted by molar-refractivity contribution is 7.09. The van der Waals surface area contributed by atoms with Crippen LogP contribution in [0.15, 0.2) is 5.38 Å². The zero-order chi connectivity index (χ0) is 10.7. The van der Waals surface area contributed by atoms with Crippen molar-refractivity contribution in [3.63, 3.8) is 0 Å². The van der Waals surface area contributed by atoms with E-state index in [0.717, 1.165) is 32.5 Å². The van der Waals surface area contributed by atoms with Crippen molar-refractivity contribution in [2.75, 3.05) is 13.1 Å². The molecule has 1 aliphatic rings. The van der Waals surface area contributed by atoms with E-state index in [1.54, 1.807) is 11.3 Å². The average molecular weight is 262 g/mol. The van der Waals surface area contributed by atoms with Crippen molar-refractivity contribution in [2.24, 2.45) is 5.73 Å². The van der Waals surface area contributed by atoms with Crippen molar-refractivity contribution in [1.82, 2.24) is 9.88 Å². The van der Waals surface area contributed by atoms with Gasteiger partial charge in [-0.15, -0.1) is 23.7 Å². The maximum Gasteiger partial charge on any atom is 0.107 e. The van der Waals surface area contributed by atoms with Crippen molar-refractivity contribution in [1.29, 1.82) is 0 Å². The van der Waals surface area contributed by atoms with Crippen LogP contribution in [-0.2, 0) is 13.0 Å². The highest BCUT2D eigenvalue weighted by atomic mass is 35.5. The summed E-state index contributed by atoms with van der Waals surface area (Å²) in [5.41, 5.74) is 7.12. The van der Waals surface area contributed by atoms with Crippen LogP contribution in [0.5, 0.6) is 0 Å². The van der Waals surface area contributed by atoms with Gasteiger partial charge in [-0.05, 0) is 12.8 Å². The number of nitrogens with two attached hydrogens (primary N) is 1. The van der Waals surface area contributed by atoms with Gasteiger partial charge in [-0.3, -0.25) is 4.90 Å². The fourth-order valence-electron chi connectivity index (χ4n) is 1.99. The smallest absolute Gasteiger partial charge is 0.107 e. The molecule has 1 aromatic heterocycles. The second-order valence-electron chi connectivity index (χ2n) is 4.27. The van der Waals surface area contributed by atoms with E-state index in [-0.39, 0.29) is 12.4 Å². The summed E-state index contributed by atoms with van der Waals surface area (Å²) in [6.07, 6.45) is 3.42. The molecule has 92 valence electrons. The molecule has 1 saturated heterocycles. The summed E-state index contributed by atoms with van der Waals surface area (Å²) >= 11 is 1.78. The van der Waals surface area contributed by atoms with Crippen LogP contribution in [0.2, 0.25) is 0 Å². The Kier molecular flexibility index (Phi) is 5.69. The molecule has 2 heterocycles. The van der Waals surface area contributed by atoms with Crippen LogP contribution in [0, 0.1) is 0 Å². The lowest BCUT2D eigenvalue weighted by molar-refractivity contribution is 0.326. The van der Waals surface area contributed by atoms with Gasteiger partial charge in [0.1, 0.15) is 5.01 Å². The summed E-state index contributed by atoms with van der Waals surface area (Å²) in [5.74, 6) is 0. The fraction of sp³-hybridized carbons (Fsp3) is 0.727. The van der Waals surface area contributed by atoms with Crippen LogP contribution in [0.4, 0.5) is 0 Å². The summed E-state index contributed by atoms with van der Waals surface area (Å²) in [4.78, 5) is 7.03. The molecular weight excluding hydrogens is 242 g/mol. The minimum atomic E-state index is 0. The molecule has 1 fully saturated rings. The third kappa shape index (κ3) is 3.70. The molecule has 0 radical (unpaired) electrons. The van der Waals surface area contributed by atoms with Crippen molar-refractivity contribution in [3.05, 3.63) is 16.1 Å². The predicted octanol–water partition coefficient (Wildman–Crippen LogP) is 2.05. The number of nitrogens with zero attached hydrogens (tertiary/aromatic N) is 2. The van der Waals surface area contributed by atoms with E-state index < -0.39 is 0 Å². The largest absolute Gasteiger partial charge is 0.326 e. The van der Waals surface area contributed by atoms with E-state index in [2.05, 4.69) is 22.2 Å². The number of hydrogen-bond acceptors (Lipinski definition) is 4. The number of thiazole rings is 1. The zero-order valence-corrected chi connectivity index (χ0v) is 11.3. The molecule has 1 aliphatic heterocycles. The van der Waals surface area contributed by atoms with Crippen molar-refractivity contribution in [3.8, 4) is 0 Å². The number of likely N-dealkylation sites (tertiary alicyclic amines) is 1. The van der Waals surface area contributed by atoms with Crippen LogP contribution in [0.3, 0.4) is 0 Å². The van der Waals surface area contributed by atoms with E-state index in [0.29, 0.717) is 6.04 Å². The first-order valence-electron chi connectivity index (χ1n) is 5.69. The minimum Gasteiger partial charge on any atom is -0.326 e. The van der Waals surface area contributed by atoms with Crippen LogP contribution >= 0.6 is 23.7 Å². The number of rotatable bonds is 4. The maximum atomic E-state index is 5.87. The SMILES string of the molecule is CCCc1csc(CN2CC[C@H](N)C2)n1.Cl. The first-order chi connectivity index (χ1) is 7.28. The Morgan fingerprint density at radius 1 is 1.62 bits per heavy atom. The first-order valence-corrected chi connectivity index (χ1v) is 6.57. The molecule has 0 bridgehead atoms. The Bertz CT molecular complexity index is 316. The lowest BCUT2D eigenvalue weighted by Gasteiger charge is -2.12. The third-order valence-electron chi connectivity index (χ3n) is 2.77. The zero-order valence-electron chi connectivity index (χ0n) is 9.69. The maximum absolute atomic E-state index is 5.87. The Labute approximate surface area is 107 Å². The molecule has 2 N–H and O–H groups in total. The second-order valence-corrected chi connectivity index (χ2v) is 5.21. The molecule has 0 saturated carbocycles. The topological polar surface area (TPSA) is 42.1 Å². The highest BCUT2D eigenvalue weighted by Gasteiger charge is 2.19. The van der Waals surface area contributed by atoms with Gasteiger partial charge in [-0.25, -0.2) is 4.98 Å². The fourth-order valence-corrected chi connectivity index (χ4v) is 2.86. The number of aromatic nitrogens is 1. The van der Waals surface area contributed by atoms with E-state index in [1.807, 2.05) is 0 Å². The van der Waals surface area contributed by atoms with Gasteiger partial charge in [0.2, 0.25) is 0 Å². The van der Waals surface area contributed by atoms with Gasteiger partial charge in [0.25, 0.3) is 0 Å². The van der Waals surface area contributed by atoms with Gasteiger partial charge in [0.05, 0.1) is 12.2 Å². The highest BCUT2D eigenvalue weighted by Crippen LogP contribution is 2.16. The lowest BCUT2D eigenvalue weighted by Crippen LogP contribution is -2.26. The Morgan fingerprint density at radius 3 is 3.06 bits per heavy atom. The van der Waals surface area contributed by atoms with Gasteiger partial charge in [0, 0.05) is 24.5 Å². The Balaban J connectivity index is 0.00000128. The van der Waals surface area contributed by atoms with E-state index >= 15 is 0 Å². The standard InChI is InChI=1S/C11H19N3S.ClH/c1-2-3-10-8-15-11(13-10)7-14-5-4-9(12)6-14;/h8-9H,2-7,12H2,1H3;1H/t9-;/m0./s1. The predicted molar refractivity (Wildman–Crippen MR) is 71.2 cm³/mol. The molecule has 0 unspecified atom stereocenters. The molecule has 0 amide bonds. The monoisotopic (exact) mass is 261 g/mol. The van der Waals surface area contributed by atoms with E-state index in [4.69, 9.17) is 5.73 Å². The average Bonchev–Trinajstić information content (AvgIpc) is 2.78. The van der Waals surface area contributed by atoms with Crippen molar-refractivity contribution >= 4 is 23.7 Å². The molecule has 3 nitrogen and oxygen atoms in total. The van der Waals surface area contributed by atoms with E-state index in [1.165, 1.54) is 17.1 Å². The Hall–Kier alpha value is -0.160. The molecule has 5 heteroatoms. The van der Waals surface area contributed by atoms with Gasteiger partial charge in [-0.1, -0.05) is 13.3 Å². The molecule has 16 heavy (non-hydrogen) atoms. The molecule has 0 spiro atoms. The van der Waals surface area contributed by atoms with E-state index in [9.17, 15) is 0 Å². The van der Waals surface area contributed by atoms with Crippen LogP contribution in [-0.4, -0.2) is 29.0 Å². The summed E-state index contributed by atoms with van der Waals surface area (Å²) in [6, 6.07) is 0.375. The molecule has 0 aromatic carbocycles. The normalized spacial score (nSPS) is 21.0. The van der Waals surface area contributed by atoms with Crippen LogP contribution < -0.4 is 5.73 Å². The van der Waals surface area contributed by atoms with Gasteiger partial charge in [-0.2, -0.15) is 0 Å². The van der Waals surface area contributed by atoms with Crippen molar-refractivity contribution in [2.45, 2.75) is 38.8 Å². The third-order valence-corrected chi connectivity index (χ3v) is 3.66. The Morgan fingerprint density at radius 2 is 2.44 bits per heavy atom. The van der Waals surface area contributed by atoms with Crippen LogP contribution in [0.1, 0.15) is 30.5 Å². The minimum absolute atomic E-state index is 0. The quantitative estimate of drug-likeness (QED) is 0.902. The summed E-state index contributed by atoms with van der Waals surface area (Å²) in [6.45, 7) is 5.34. The molecule has 1 aromatic rings.